The molecule has 24 nitrogen and oxygen atoms in total. The molecule has 0 saturated heterocycles. The van der Waals surface area contributed by atoms with Gasteiger partial charge in [0.15, 0.2) is 12.5 Å². The van der Waals surface area contributed by atoms with Gasteiger partial charge in [0.25, 0.3) is 5.91 Å². The van der Waals surface area contributed by atoms with Crippen molar-refractivity contribution in [2.24, 2.45) is 10.6 Å². The number of hydrogen-bond acceptors (Lipinski definition) is 21. The molecule has 0 bridgehead atoms. The molecule has 1 aromatic heterocycles. The molecule has 26 heteroatoms. The van der Waals surface area contributed by atoms with E-state index in [1.54, 1.807) is 22.6 Å². The molecule has 0 aliphatic rings. The first-order chi connectivity index (χ1) is 36.7. The average Bonchev–Trinajstić information content (AvgIpc) is 3.82. The van der Waals surface area contributed by atoms with Crippen LogP contribution in [-0.4, -0.2) is 224 Å². The van der Waals surface area contributed by atoms with Crippen LogP contribution < -0.4 is 26.6 Å². The summed E-state index contributed by atoms with van der Waals surface area (Å²) < 4.78 is 57.2. The van der Waals surface area contributed by atoms with Gasteiger partial charge in [-0.1, -0.05) is 72.7 Å². The predicted molar refractivity (Wildman–Crippen MR) is 298 cm³/mol. The van der Waals surface area contributed by atoms with Gasteiger partial charge in [0.2, 0.25) is 17.7 Å². The molecule has 1 rings (SSSR count). The highest BCUT2D eigenvalue weighted by Crippen LogP contribution is 2.26. The molecule has 1 heterocycles. The second-order valence-electron chi connectivity index (χ2n) is 20.2. The zero-order valence-electron chi connectivity index (χ0n) is 47.7. The largest absolute Gasteiger partial charge is 0.473 e. The number of thioether (sulfide) groups is 2. The van der Waals surface area contributed by atoms with E-state index in [1.165, 1.54) is 0 Å². The third kappa shape index (κ3) is 50.2. The molecule has 0 aromatic carbocycles. The number of rotatable bonds is 50. The van der Waals surface area contributed by atoms with Crippen molar-refractivity contribution >= 4 is 52.9 Å². The highest BCUT2D eigenvalue weighted by Gasteiger charge is 2.16. The van der Waals surface area contributed by atoms with Crippen molar-refractivity contribution in [1.29, 1.82) is 0 Å². The summed E-state index contributed by atoms with van der Waals surface area (Å²) in [5.74, 6) is -0.294. The molecule has 4 amide bonds. The van der Waals surface area contributed by atoms with Gasteiger partial charge in [0, 0.05) is 34.9 Å². The van der Waals surface area contributed by atoms with E-state index in [-0.39, 0.29) is 60.2 Å². The van der Waals surface area contributed by atoms with E-state index in [9.17, 15) is 19.2 Å². The Morgan fingerprint density at radius 1 is 0.558 bits per heavy atom. The maximum absolute atomic E-state index is 12.2. The van der Waals surface area contributed by atoms with E-state index in [4.69, 9.17) is 52.2 Å². The van der Waals surface area contributed by atoms with Gasteiger partial charge in [-0.15, -0.1) is 16.9 Å². The van der Waals surface area contributed by atoms with Crippen LogP contribution in [0.25, 0.3) is 0 Å². The molecule has 0 aliphatic heterocycles. The summed E-state index contributed by atoms with van der Waals surface area (Å²) in [6.45, 7) is 32.1. The fraction of sp³-hybridized carbons (Fsp3) is 0.824. The number of nitrogens with zero attached hydrogens (tertiary/aromatic N) is 4. The van der Waals surface area contributed by atoms with Gasteiger partial charge in [-0.3, -0.25) is 19.2 Å². The molecule has 0 atom stereocenters. The monoisotopic (exact) mass is 1140 g/mol. The second kappa shape index (κ2) is 45.0. The maximum atomic E-state index is 12.2. The van der Waals surface area contributed by atoms with Crippen molar-refractivity contribution in [2.75, 3.05) is 170 Å². The lowest BCUT2D eigenvalue weighted by Gasteiger charge is -2.20. The van der Waals surface area contributed by atoms with Crippen LogP contribution in [0.5, 0.6) is 0 Å². The summed E-state index contributed by atoms with van der Waals surface area (Å²) in [5.41, 5.74) is 1.73. The van der Waals surface area contributed by atoms with E-state index >= 15 is 0 Å². The second-order valence-corrected chi connectivity index (χ2v) is 23.9. The molecular formula is C51H95N9O15S2. The SMILES string of the molecule is C=C(NCCNC(=O)CNC(=O)CNC(=O)CNC(=O)CO/N=C(/CCSC(C)(C)C)CSC(C)(C)C)OCc1cn(CCOCCOCCOCCOCCOCCOCCOCCOCCOCCC(C)(C)C)nn1. The molecule has 0 unspecified atom stereocenters. The minimum absolute atomic E-state index is 0.0499. The Labute approximate surface area is 466 Å². The summed E-state index contributed by atoms with van der Waals surface area (Å²) in [7, 11) is 0. The van der Waals surface area contributed by atoms with Crippen LogP contribution in [0.2, 0.25) is 0 Å². The van der Waals surface area contributed by atoms with E-state index in [0.29, 0.717) is 137 Å². The lowest BCUT2D eigenvalue weighted by Crippen LogP contribution is -2.45. The highest BCUT2D eigenvalue weighted by molar-refractivity contribution is 8.01. The minimum atomic E-state index is -0.583. The molecule has 446 valence electrons. The minimum Gasteiger partial charge on any atom is -0.473 e. The van der Waals surface area contributed by atoms with Crippen LogP contribution in [-0.2, 0) is 84.5 Å². The number of oxime groups is 1. The van der Waals surface area contributed by atoms with Gasteiger partial charge in [0.05, 0.1) is 150 Å². The molecule has 77 heavy (non-hydrogen) atoms. The van der Waals surface area contributed by atoms with Gasteiger partial charge in [-0.2, -0.15) is 11.8 Å². The van der Waals surface area contributed by atoms with Crippen molar-refractivity contribution in [2.45, 2.75) is 97.8 Å². The van der Waals surface area contributed by atoms with Crippen LogP contribution in [0.3, 0.4) is 0 Å². The number of amides is 4. The Kier molecular flexibility index (Phi) is 41.6. The molecule has 0 saturated carbocycles. The Morgan fingerprint density at radius 2 is 0.974 bits per heavy atom. The number of aromatic nitrogens is 3. The van der Waals surface area contributed by atoms with Crippen molar-refractivity contribution in [3.05, 3.63) is 24.4 Å². The number of nitrogens with one attached hydrogen (secondary N) is 5. The highest BCUT2D eigenvalue weighted by atomic mass is 32.2. The van der Waals surface area contributed by atoms with Gasteiger partial charge in [-0.25, -0.2) is 4.68 Å². The number of carbonyl (C=O) groups excluding carboxylic acids is 4. The summed E-state index contributed by atoms with van der Waals surface area (Å²) in [4.78, 5) is 54.1. The lowest BCUT2D eigenvalue weighted by molar-refractivity contribution is -0.130. The topological polar surface area (TPSA) is 273 Å². The van der Waals surface area contributed by atoms with Gasteiger partial charge in [-0.05, 0) is 30.6 Å². The zero-order chi connectivity index (χ0) is 56.9. The molecular weight excluding hydrogens is 1040 g/mol. The standard InChI is InChI=1S/C51H95N9O15S2/c1-42(52-13-14-53-45(61)35-54-46(62)36-55-47(63)37-56-48(64)40-75-58-43(41-77-51(8,9)10)11-34-76-50(5,6)7)74-39-44-38-60(59-57-44)15-17-66-19-21-68-23-25-70-27-29-72-31-33-73-32-30-71-28-26-69-24-22-67-20-18-65-16-12-49(2,3)4/h38,52H,1,11-37,39-41H2,2-10H3,(H,53,61)(H,54,62)(H,55,63)(H,56,64)/b58-43-. The first kappa shape index (κ1) is 71.2. The van der Waals surface area contributed by atoms with Crippen molar-refractivity contribution in [3.63, 3.8) is 0 Å². The predicted octanol–water partition coefficient (Wildman–Crippen LogP) is 2.73. The molecule has 0 aliphatic carbocycles. The third-order valence-electron chi connectivity index (χ3n) is 9.51. The normalized spacial score (nSPS) is 12.1. The van der Waals surface area contributed by atoms with Crippen LogP contribution >= 0.6 is 23.5 Å². The fourth-order valence-electron chi connectivity index (χ4n) is 5.40. The van der Waals surface area contributed by atoms with E-state index in [1.807, 2.05) is 11.8 Å². The number of carbonyl (C=O) groups is 4. The van der Waals surface area contributed by atoms with Crippen LogP contribution in [0.4, 0.5) is 0 Å². The van der Waals surface area contributed by atoms with E-state index in [2.05, 4.69) is 111 Å². The van der Waals surface area contributed by atoms with Gasteiger partial charge >= 0.3 is 0 Å². The van der Waals surface area contributed by atoms with Crippen LogP contribution in [0.1, 0.15) is 80.8 Å². The third-order valence-corrected chi connectivity index (χ3v) is 12.1. The molecule has 1 aromatic rings. The van der Waals surface area contributed by atoms with Gasteiger partial charge in [0.1, 0.15) is 12.3 Å². The fourth-order valence-corrected chi connectivity index (χ4v) is 7.15. The van der Waals surface area contributed by atoms with Crippen LogP contribution in [0, 0.1) is 5.41 Å². The first-order valence-electron chi connectivity index (χ1n) is 26.4. The summed E-state index contributed by atoms with van der Waals surface area (Å²) >= 11 is 3.57. The summed E-state index contributed by atoms with van der Waals surface area (Å²) in [6.07, 6.45) is 3.50. The Bertz CT molecular complexity index is 1750. The lowest BCUT2D eigenvalue weighted by atomic mass is 9.93. The zero-order valence-corrected chi connectivity index (χ0v) is 49.4. The number of ether oxygens (including phenoxy) is 10. The Hall–Kier alpha value is -3.83. The van der Waals surface area contributed by atoms with E-state index in [0.717, 1.165) is 30.9 Å². The number of hydrogen-bond donors (Lipinski definition) is 5. The molecule has 0 radical (unpaired) electrons. The van der Waals surface area contributed by atoms with Gasteiger partial charge < -0.3 is 78.8 Å². The smallest absolute Gasteiger partial charge is 0.261 e. The maximum Gasteiger partial charge on any atom is 0.261 e. The van der Waals surface area contributed by atoms with E-state index < -0.39 is 23.6 Å². The average molecular weight is 1140 g/mol. The molecule has 0 fully saturated rings. The van der Waals surface area contributed by atoms with Crippen LogP contribution in [0.15, 0.2) is 23.8 Å². The first-order valence-corrected chi connectivity index (χ1v) is 28.3. The molecule has 5 N–H and O–H groups in total. The summed E-state index contributed by atoms with van der Waals surface area (Å²) in [5, 5.41) is 25.2. The quantitative estimate of drug-likeness (QED) is 0.0272. The van der Waals surface area contributed by atoms with Crippen molar-refractivity contribution in [1.82, 2.24) is 41.6 Å². The molecule has 0 spiro atoms. The Balaban J connectivity index is 1.95. The van der Waals surface area contributed by atoms with Crippen molar-refractivity contribution < 1.29 is 71.4 Å². The Morgan fingerprint density at radius 3 is 1.43 bits per heavy atom. The van der Waals surface area contributed by atoms with Crippen molar-refractivity contribution in [3.8, 4) is 0 Å². The summed E-state index contributed by atoms with van der Waals surface area (Å²) in [6, 6.07) is 0.